The zero-order valence-corrected chi connectivity index (χ0v) is 10.6. The number of hydrogen-bond acceptors (Lipinski definition) is 3. The first-order chi connectivity index (χ1) is 9.29. The van der Waals surface area contributed by atoms with Gasteiger partial charge in [0.2, 0.25) is 0 Å². The molecule has 3 nitrogen and oxygen atoms in total. The van der Waals surface area contributed by atoms with Crippen molar-refractivity contribution in [2.45, 2.75) is 12.3 Å². The third-order valence-corrected chi connectivity index (χ3v) is 2.94. The van der Waals surface area contributed by atoms with Crippen LogP contribution in [-0.4, -0.2) is 18.1 Å². The van der Waals surface area contributed by atoms with Gasteiger partial charge in [-0.2, -0.15) is 0 Å². The maximum Gasteiger partial charge on any atom is 0.123 e. The maximum absolute atomic E-state index is 12.8. The van der Waals surface area contributed by atoms with Crippen molar-refractivity contribution in [3.8, 4) is 5.75 Å². The van der Waals surface area contributed by atoms with E-state index in [2.05, 4.69) is 4.98 Å². The average Bonchev–Trinajstić information content (AvgIpc) is 2.46. The van der Waals surface area contributed by atoms with Crippen LogP contribution in [0.3, 0.4) is 0 Å². The van der Waals surface area contributed by atoms with Crippen LogP contribution in [0.5, 0.6) is 5.75 Å². The normalized spacial score (nSPS) is 12.1. The second-order valence-electron chi connectivity index (χ2n) is 4.33. The van der Waals surface area contributed by atoms with Gasteiger partial charge in [0, 0.05) is 18.3 Å². The number of hydrogen-bond donors (Lipinski definition) is 1. The zero-order chi connectivity index (χ0) is 13.5. The Morgan fingerprint density at radius 3 is 2.63 bits per heavy atom. The third kappa shape index (κ3) is 4.03. The molecule has 0 aliphatic carbocycles. The highest BCUT2D eigenvalue weighted by Crippen LogP contribution is 2.20. The number of pyridine rings is 1. The van der Waals surface area contributed by atoms with Gasteiger partial charge in [-0.3, -0.25) is 4.98 Å². The van der Waals surface area contributed by atoms with Gasteiger partial charge in [-0.1, -0.05) is 6.07 Å². The van der Waals surface area contributed by atoms with Crippen LogP contribution in [0.25, 0.3) is 0 Å². The molecule has 1 unspecified atom stereocenters. The molecule has 2 rings (SSSR count). The Bertz CT molecular complexity index is 487. The van der Waals surface area contributed by atoms with E-state index in [-0.39, 0.29) is 11.7 Å². The summed E-state index contributed by atoms with van der Waals surface area (Å²) in [6.45, 7) is 1.10. The Balaban J connectivity index is 1.99. The number of nitrogens with zero attached hydrogens (tertiary/aromatic N) is 1. The smallest absolute Gasteiger partial charge is 0.123 e. The van der Waals surface area contributed by atoms with Crippen molar-refractivity contribution in [2.24, 2.45) is 5.73 Å². The molecule has 0 spiro atoms. The van der Waals surface area contributed by atoms with Crippen LogP contribution in [0.4, 0.5) is 4.39 Å². The first kappa shape index (κ1) is 13.5. The number of halogens is 1. The van der Waals surface area contributed by atoms with Gasteiger partial charge in [0.25, 0.3) is 0 Å². The van der Waals surface area contributed by atoms with Gasteiger partial charge < -0.3 is 10.5 Å². The Morgan fingerprint density at radius 2 is 2.00 bits per heavy atom. The number of nitrogens with two attached hydrogens (primary N) is 1. The largest absolute Gasteiger partial charge is 0.493 e. The molecular weight excluding hydrogens is 243 g/mol. The van der Waals surface area contributed by atoms with E-state index in [0.717, 1.165) is 12.0 Å². The fraction of sp³-hybridized carbons (Fsp3) is 0.267. The number of ether oxygens (including phenoxy) is 1. The summed E-state index contributed by atoms with van der Waals surface area (Å²) in [7, 11) is 0. The predicted octanol–water partition coefficient (Wildman–Crippen LogP) is 2.73. The molecule has 0 aliphatic heterocycles. The van der Waals surface area contributed by atoms with Gasteiger partial charge in [-0.25, -0.2) is 4.39 Å². The molecule has 0 aliphatic rings. The molecule has 100 valence electrons. The molecule has 2 aromatic rings. The van der Waals surface area contributed by atoms with Crippen molar-refractivity contribution in [1.29, 1.82) is 0 Å². The van der Waals surface area contributed by atoms with Gasteiger partial charge in [0.05, 0.1) is 6.61 Å². The van der Waals surface area contributed by atoms with Crippen molar-refractivity contribution in [3.05, 3.63) is 60.2 Å². The quantitative estimate of drug-likeness (QED) is 0.868. The minimum absolute atomic E-state index is 0.198. The Labute approximate surface area is 112 Å². The summed E-state index contributed by atoms with van der Waals surface area (Å²) < 4.78 is 18.5. The molecule has 1 aromatic carbocycles. The van der Waals surface area contributed by atoms with E-state index >= 15 is 0 Å². The molecule has 1 aromatic heterocycles. The zero-order valence-electron chi connectivity index (χ0n) is 10.6. The summed E-state index contributed by atoms with van der Waals surface area (Å²) in [4.78, 5) is 4.11. The lowest BCUT2D eigenvalue weighted by atomic mass is 9.98. The Hall–Kier alpha value is -1.94. The molecule has 2 N–H and O–H groups in total. The summed E-state index contributed by atoms with van der Waals surface area (Å²) in [6, 6.07) is 9.93. The Morgan fingerprint density at radius 1 is 1.21 bits per heavy atom. The van der Waals surface area contributed by atoms with E-state index in [9.17, 15) is 4.39 Å². The minimum atomic E-state index is -0.266. The van der Waals surface area contributed by atoms with Crippen molar-refractivity contribution < 1.29 is 9.13 Å². The van der Waals surface area contributed by atoms with Crippen LogP contribution in [0, 0.1) is 5.82 Å². The lowest BCUT2D eigenvalue weighted by molar-refractivity contribution is 0.282. The highest BCUT2D eigenvalue weighted by atomic mass is 19.1. The van der Waals surface area contributed by atoms with Crippen molar-refractivity contribution in [1.82, 2.24) is 4.98 Å². The molecule has 0 saturated carbocycles. The summed E-state index contributed by atoms with van der Waals surface area (Å²) in [5, 5.41) is 0. The lowest BCUT2D eigenvalue weighted by Crippen LogP contribution is -2.15. The summed E-state index contributed by atoms with van der Waals surface area (Å²) in [5.74, 6) is 0.592. The van der Waals surface area contributed by atoms with E-state index in [4.69, 9.17) is 10.5 Å². The van der Waals surface area contributed by atoms with Crippen LogP contribution in [0.2, 0.25) is 0 Å². The summed E-state index contributed by atoms with van der Waals surface area (Å²) >= 11 is 0. The van der Waals surface area contributed by atoms with Crippen molar-refractivity contribution in [2.75, 3.05) is 13.2 Å². The number of rotatable bonds is 6. The maximum atomic E-state index is 12.8. The van der Waals surface area contributed by atoms with E-state index in [1.807, 2.05) is 18.3 Å². The average molecular weight is 260 g/mol. The Kier molecular flexibility index (Phi) is 4.86. The molecule has 19 heavy (non-hydrogen) atoms. The van der Waals surface area contributed by atoms with Crippen LogP contribution < -0.4 is 10.5 Å². The highest BCUT2D eigenvalue weighted by Gasteiger charge is 2.12. The molecule has 0 fully saturated rings. The summed E-state index contributed by atoms with van der Waals surface area (Å²) in [6.07, 6.45) is 4.39. The topological polar surface area (TPSA) is 48.1 Å². The molecule has 4 heteroatoms. The molecule has 1 heterocycles. The molecule has 0 bridgehead atoms. The number of aromatic nitrogens is 1. The molecule has 0 amide bonds. The van der Waals surface area contributed by atoms with Crippen LogP contribution in [-0.2, 0) is 0 Å². The third-order valence-electron chi connectivity index (χ3n) is 2.94. The van der Waals surface area contributed by atoms with E-state index in [1.54, 1.807) is 18.3 Å². The van der Waals surface area contributed by atoms with Crippen LogP contribution in [0.15, 0.2) is 48.8 Å². The molecule has 0 radical (unpaired) electrons. The second-order valence-corrected chi connectivity index (χ2v) is 4.33. The number of benzene rings is 1. The van der Waals surface area contributed by atoms with E-state index in [0.29, 0.717) is 18.9 Å². The predicted molar refractivity (Wildman–Crippen MR) is 72.5 cm³/mol. The fourth-order valence-corrected chi connectivity index (χ4v) is 1.89. The first-order valence-electron chi connectivity index (χ1n) is 6.28. The molecular formula is C15H17FN2O. The SMILES string of the molecule is NCCC(COc1ccc(F)cc1)c1cccnc1. The minimum Gasteiger partial charge on any atom is -0.493 e. The van der Waals surface area contributed by atoms with Gasteiger partial charge >= 0.3 is 0 Å². The van der Waals surface area contributed by atoms with Crippen molar-refractivity contribution in [3.63, 3.8) is 0 Å². The molecule has 1 atom stereocenters. The molecule has 0 saturated heterocycles. The van der Waals surface area contributed by atoms with Crippen molar-refractivity contribution >= 4 is 0 Å². The lowest BCUT2D eigenvalue weighted by Gasteiger charge is -2.17. The standard InChI is InChI=1S/C15H17FN2O/c16-14-3-5-15(6-4-14)19-11-13(7-8-17)12-2-1-9-18-10-12/h1-6,9-10,13H,7-8,11,17H2. The van der Waals surface area contributed by atoms with Gasteiger partial charge in [0.15, 0.2) is 0 Å². The fourth-order valence-electron chi connectivity index (χ4n) is 1.89. The van der Waals surface area contributed by atoms with Gasteiger partial charge in [0.1, 0.15) is 11.6 Å². The second kappa shape index (κ2) is 6.85. The summed E-state index contributed by atoms with van der Waals surface area (Å²) in [5.41, 5.74) is 6.74. The van der Waals surface area contributed by atoms with Gasteiger partial charge in [-0.05, 0) is 48.9 Å². The monoisotopic (exact) mass is 260 g/mol. The van der Waals surface area contributed by atoms with Crippen LogP contribution in [0.1, 0.15) is 17.9 Å². The van der Waals surface area contributed by atoms with E-state index < -0.39 is 0 Å². The first-order valence-corrected chi connectivity index (χ1v) is 6.28. The van der Waals surface area contributed by atoms with E-state index in [1.165, 1.54) is 12.1 Å². The van der Waals surface area contributed by atoms with Gasteiger partial charge in [-0.15, -0.1) is 0 Å². The van der Waals surface area contributed by atoms with Crippen LogP contribution >= 0.6 is 0 Å². The highest BCUT2D eigenvalue weighted by molar-refractivity contribution is 5.23.